The molecule has 0 spiro atoms. The molecule has 1 aliphatic rings. The molecule has 0 aliphatic carbocycles. The first kappa shape index (κ1) is 14.4. The topological polar surface area (TPSA) is 68.8 Å². The van der Waals surface area contributed by atoms with E-state index in [1.165, 1.54) is 6.42 Å². The smallest absolute Gasteiger partial charge is 0.278 e. The van der Waals surface area contributed by atoms with Gasteiger partial charge in [0.15, 0.2) is 5.69 Å². The fourth-order valence-electron chi connectivity index (χ4n) is 2.79. The maximum absolute atomic E-state index is 6.00. The van der Waals surface area contributed by atoms with Crippen molar-refractivity contribution in [2.75, 3.05) is 13.1 Å². The Hall–Kier alpha value is -2.18. The Morgan fingerprint density at radius 3 is 3.09 bits per heavy atom. The Balaban J connectivity index is 1.58. The van der Waals surface area contributed by atoms with Crippen molar-refractivity contribution in [1.82, 2.24) is 25.2 Å². The summed E-state index contributed by atoms with van der Waals surface area (Å²) >= 11 is 6.00. The second kappa shape index (κ2) is 6.14. The maximum Gasteiger partial charge on any atom is 0.278 e. The van der Waals surface area contributed by atoms with E-state index >= 15 is 0 Å². The number of hydrogen-bond donors (Lipinski definition) is 1. The molecule has 0 bridgehead atoms. The molecule has 1 aliphatic heterocycles. The van der Waals surface area contributed by atoms with E-state index in [1.807, 2.05) is 41.2 Å². The predicted octanol–water partition coefficient (Wildman–Crippen LogP) is 3.18. The molecule has 2 aromatic heterocycles. The van der Waals surface area contributed by atoms with E-state index in [9.17, 15) is 0 Å². The lowest BCUT2D eigenvalue weighted by atomic mass is 10.1. The number of aromatic nitrogens is 4. The highest BCUT2D eigenvalue weighted by molar-refractivity contribution is 6.30. The molecule has 1 atom stereocenters. The van der Waals surface area contributed by atoms with Crippen molar-refractivity contribution in [3.8, 4) is 23.0 Å². The van der Waals surface area contributed by atoms with E-state index in [1.54, 1.807) is 0 Å². The summed E-state index contributed by atoms with van der Waals surface area (Å²) in [4.78, 5) is 4.42. The fourth-order valence-corrected chi connectivity index (χ4v) is 2.98. The highest BCUT2D eigenvalue weighted by atomic mass is 35.5. The number of piperidine rings is 1. The van der Waals surface area contributed by atoms with Crippen LogP contribution in [0.2, 0.25) is 5.02 Å². The van der Waals surface area contributed by atoms with Crippen molar-refractivity contribution in [1.29, 1.82) is 0 Å². The summed E-state index contributed by atoms with van der Waals surface area (Å²) in [5.41, 5.74) is 1.51. The molecule has 0 saturated carbocycles. The molecule has 1 aromatic carbocycles. The molecule has 6 nitrogen and oxygen atoms in total. The van der Waals surface area contributed by atoms with Gasteiger partial charge in [-0.3, -0.25) is 4.68 Å². The molecule has 0 amide bonds. The van der Waals surface area contributed by atoms with Gasteiger partial charge < -0.3 is 9.84 Å². The Labute approximate surface area is 138 Å². The van der Waals surface area contributed by atoms with Gasteiger partial charge in [-0.25, -0.2) is 0 Å². The molecule has 118 valence electrons. The van der Waals surface area contributed by atoms with Gasteiger partial charge in [0.1, 0.15) is 0 Å². The lowest BCUT2D eigenvalue weighted by Gasteiger charge is -2.22. The summed E-state index contributed by atoms with van der Waals surface area (Å²) in [6, 6.07) is 9.66. The van der Waals surface area contributed by atoms with Crippen molar-refractivity contribution in [3.05, 3.63) is 41.6 Å². The number of nitrogens with zero attached hydrogens (tertiary/aromatic N) is 4. The summed E-state index contributed by atoms with van der Waals surface area (Å²) < 4.78 is 7.33. The summed E-state index contributed by atoms with van der Waals surface area (Å²) in [6.45, 7) is 2.02. The van der Waals surface area contributed by atoms with Crippen LogP contribution in [0.1, 0.15) is 18.9 Å². The zero-order valence-electron chi connectivity index (χ0n) is 12.4. The van der Waals surface area contributed by atoms with Gasteiger partial charge in [0.2, 0.25) is 5.82 Å². The summed E-state index contributed by atoms with van der Waals surface area (Å²) in [7, 11) is 0. The number of benzene rings is 1. The molecule has 1 fully saturated rings. The number of halogens is 1. The van der Waals surface area contributed by atoms with Crippen LogP contribution in [0.15, 0.2) is 41.1 Å². The minimum absolute atomic E-state index is 0.382. The zero-order chi connectivity index (χ0) is 15.6. The third kappa shape index (κ3) is 3.00. The van der Waals surface area contributed by atoms with Crippen molar-refractivity contribution in [3.63, 3.8) is 0 Å². The van der Waals surface area contributed by atoms with Crippen LogP contribution in [-0.4, -0.2) is 33.0 Å². The molecule has 1 saturated heterocycles. The van der Waals surface area contributed by atoms with Crippen molar-refractivity contribution < 1.29 is 4.52 Å². The summed E-state index contributed by atoms with van der Waals surface area (Å²) in [6.07, 6.45) is 4.27. The van der Waals surface area contributed by atoms with Gasteiger partial charge in [-0.1, -0.05) is 28.9 Å². The lowest BCUT2D eigenvalue weighted by molar-refractivity contribution is 0.346. The Kier molecular flexibility index (Phi) is 3.85. The maximum atomic E-state index is 6.00. The van der Waals surface area contributed by atoms with Crippen LogP contribution in [0.3, 0.4) is 0 Å². The van der Waals surface area contributed by atoms with E-state index in [0.29, 0.717) is 28.5 Å². The normalized spacial score (nSPS) is 18.2. The number of hydrogen-bond acceptors (Lipinski definition) is 5. The lowest BCUT2D eigenvalue weighted by Crippen LogP contribution is -2.31. The van der Waals surface area contributed by atoms with Crippen LogP contribution in [0.25, 0.3) is 23.0 Å². The molecule has 4 rings (SSSR count). The van der Waals surface area contributed by atoms with Gasteiger partial charge in [-0.15, -0.1) is 0 Å². The van der Waals surface area contributed by atoms with Crippen LogP contribution in [-0.2, 0) is 0 Å². The molecule has 3 aromatic rings. The first-order chi connectivity index (χ1) is 11.3. The largest absolute Gasteiger partial charge is 0.332 e. The van der Waals surface area contributed by atoms with E-state index in [2.05, 4.69) is 20.6 Å². The van der Waals surface area contributed by atoms with Gasteiger partial charge in [-0.05, 0) is 37.6 Å². The zero-order valence-corrected chi connectivity index (χ0v) is 13.2. The Bertz CT molecular complexity index is 806. The van der Waals surface area contributed by atoms with E-state index < -0.39 is 0 Å². The third-order valence-corrected chi connectivity index (χ3v) is 4.22. The minimum atomic E-state index is 0.382. The SMILES string of the molecule is Clc1cccc(-c2noc(-c3ccn(C4CCCNC4)n3)n2)c1. The van der Waals surface area contributed by atoms with E-state index in [0.717, 1.165) is 25.1 Å². The monoisotopic (exact) mass is 329 g/mol. The van der Waals surface area contributed by atoms with Gasteiger partial charge in [0.05, 0.1) is 6.04 Å². The molecule has 0 radical (unpaired) electrons. The van der Waals surface area contributed by atoms with Crippen LogP contribution < -0.4 is 5.32 Å². The van der Waals surface area contributed by atoms with Crippen LogP contribution in [0, 0.1) is 0 Å². The minimum Gasteiger partial charge on any atom is -0.332 e. The highest BCUT2D eigenvalue weighted by Gasteiger charge is 2.18. The molecule has 7 heteroatoms. The quantitative estimate of drug-likeness (QED) is 0.799. The first-order valence-corrected chi connectivity index (χ1v) is 8.03. The van der Waals surface area contributed by atoms with Crippen molar-refractivity contribution >= 4 is 11.6 Å². The summed E-state index contributed by atoms with van der Waals surface area (Å²) in [5.74, 6) is 0.930. The Morgan fingerprint density at radius 2 is 2.26 bits per heavy atom. The number of nitrogens with one attached hydrogen (secondary N) is 1. The van der Waals surface area contributed by atoms with Crippen molar-refractivity contribution in [2.45, 2.75) is 18.9 Å². The average molecular weight is 330 g/mol. The molecule has 23 heavy (non-hydrogen) atoms. The molecular weight excluding hydrogens is 314 g/mol. The standard InChI is InChI=1S/C16H16ClN5O/c17-12-4-1-3-11(9-12)15-19-16(23-21-15)14-6-8-22(20-14)13-5-2-7-18-10-13/h1,3-4,6,8-9,13,18H,2,5,7,10H2. The fraction of sp³-hybridized carbons (Fsp3) is 0.312. The Morgan fingerprint density at radius 1 is 1.30 bits per heavy atom. The van der Waals surface area contributed by atoms with Gasteiger partial charge in [-0.2, -0.15) is 10.1 Å². The number of rotatable bonds is 3. The molecule has 1 N–H and O–H groups in total. The molecular formula is C16H16ClN5O. The van der Waals surface area contributed by atoms with E-state index in [-0.39, 0.29) is 0 Å². The first-order valence-electron chi connectivity index (χ1n) is 7.65. The van der Waals surface area contributed by atoms with Gasteiger partial charge >= 0.3 is 0 Å². The average Bonchev–Trinajstić information content (AvgIpc) is 3.25. The molecule has 3 heterocycles. The van der Waals surface area contributed by atoms with Gasteiger partial charge in [0, 0.05) is 23.3 Å². The third-order valence-electron chi connectivity index (χ3n) is 3.98. The van der Waals surface area contributed by atoms with Crippen LogP contribution in [0.5, 0.6) is 0 Å². The van der Waals surface area contributed by atoms with Crippen molar-refractivity contribution in [2.24, 2.45) is 0 Å². The summed E-state index contributed by atoms with van der Waals surface area (Å²) in [5, 5.41) is 12.6. The van der Waals surface area contributed by atoms with E-state index in [4.69, 9.17) is 16.1 Å². The highest BCUT2D eigenvalue weighted by Crippen LogP contribution is 2.24. The van der Waals surface area contributed by atoms with Crippen LogP contribution >= 0.6 is 11.6 Å². The second-order valence-corrected chi connectivity index (χ2v) is 6.05. The second-order valence-electron chi connectivity index (χ2n) is 5.61. The van der Waals surface area contributed by atoms with Gasteiger partial charge in [0.25, 0.3) is 5.89 Å². The van der Waals surface area contributed by atoms with Crippen LogP contribution in [0.4, 0.5) is 0 Å². The molecule has 1 unspecified atom stereocenters. The predicted molar refractivity (Wildman–Crippen MR) is 87.1 cm³/mol.